The summed E-state index contributed by atoms with van der Waals surface area (Å²) in [6, 6.07) is 5.73. The summed E-state index contributed by atoms with van der Waals surface area (Å²) in [5.41, 5.74) is 4.55. The van der Waals surface area contributed by atoms with Gasteiger partial charge < -0.3 is 4.74 Å². The zero-order chi connectivity index (χ0) is 9.26. The smallest absolute Gasteiger partial charge is 0.143 e. The number of nitrogens with zero attached hydrogens (tertiary/aromatic N) is 1. The Morgan fingerprint density at radius 1 is 1.54 bits per heavy atom. The van der Waals surface area contributed by atoms with Crippen molar-refractivity contribution in [1.29, 1.82) is 0 Å². The molecule has 0 saturated carbocycles. The largest absolute Gasteiger partial charge is 0.497 e. The number of methoxy groups -OCH3 is 1. The maximum atomic E-state index is 5.98. The second-order valence-electron chi connectivity index (χ2n) is 2.74. The molecule has 3 nitrogen and oxygen atoms in total. The van der Waals surface area contributed by atoms with E-state index in [1.165, 1.54) is 0 Å². The molecule has 1 unspecified atom stereocenters. The highest BCUT2D eigenvalue weighted by Crippen LogP contribution is 2.26. The lowest BCUT2D eigenvalue weighted by Gasteiger charge is -2.17. The Morgan fingerprint density at radius 3 is 3.15 bits per heavy atom. The van der Waals surface area contributed by atoms with Crippen LogP contribution in [0, 0.1) is 0 Å². The van der Waals surface area contributed by atoms with Gasteiger partial charge in [0.05, 0.1) is 13.3 Å². The molecule has 0 spiro atoms. The molecule has 1 aromatic rings. The van der Waals surface area contributed by atoms with E-state index >= 15 is 0 Å². The van der Waals surface area contributed by atoms with Gasteiger partial charge in [0.25, 0.3) is 0 Å². The number of nitrogens with one attached hydrogen (secondary N) is 1. The summed E-state index contributed by atoms with van der Waals surface area (Å²) in [5, 5.41) is 3.91. The third-order valence-electron chi connectivity index (χ3n) is 1.96. The Hall–Kier alpha value is -1.22. The van der Waals surface area contributed by atoms with Crippen molar-refractivity contribution >= 4 is 17.8 Å². The van der Waals surface area contributed by atoms with E-state index in [1.807, 2.05) is 18.2 Å². The van der Waals surface area contributed by atoms with Gasteiger partial charge in [-0.2, -0.15) is 5.10 Å². The van der Waals surface area contributed by atoms with Crippen LogP contribution in [-0.2, 0) is 0 Å². The number of benzene rings is 1. The van der Waals surface area contributed by atoms with Crippen molar-refractivity contribution in [2.45, 2.75) is 5.50 Å². The molecule has 1 N–H and O–H groups in total. The fourth-order valence-electron chi connectivity index (χ4n) is 1.26. The predicted octanol–water partition coefficient (Wildman–Crippen LogP) is 1.87. The summed E-state index contributed by atoms with van der Waals surface area (Å²) in [4.78, 5) is 0. The molecule has 1 aromatic carbocycles. The minimum absolute atomic E-state index is 0.245. The highest BCUT2D eigenvalue weighted by Gasteiger charge is 2.14. The van der Waals surface area contributed by atoms with Crippen molar-refractivity contribution in [2.24, 2.45) is 5.10 Å². The van der Waals surface area contributed by atoms with E-state index in [2.05, 4.69) is 10.5 Å². The van der Waals surface area contributed by atoms with Crippen LogP contribution < -0.4 is 10.2 Å². The van der Waals surface area contributed by atoms with E-state index in [9.17, 15) is 0 Å². The first kappa shape index (κ1) is 8.38. The minimum Gasteiger partial charge on any atom is -0.497 e. The second-order valence-corrected chi connectivity index (χ2v) is 3.18. The summed E-state index contributed by atoms with van der Waals surface area (Å²) in [7, 11) is 1.64. The zero-order valence-corrected chi connectivity index (χ0v) is 7.88. The fourth-order valence-corrected chi connectivity index (χ4v) is 1.52. The number of hydrazone groups is 1. The molecule has 0 saturated heterocycles. The molecule has 1 aliphatic rings. The number of ether oxygens (including phenoxy) is 1. The summed E-state index contributed by atoms with van der Waals surface area (Å²) >= 11 is 5.98. The van der Waals surface area contributed by atoms with E-state index in [1.54, 1.807) is 13.3 Å². The van der Waals surface area contributed by atoms with Crippen molar-refractivity contribution in [3.05, 3.63) is 29.3 Å². The lowest BCUT2D eigenvalue weighted by Crippen LogP contribution is -2.16. The first-order valence-electron chi connectivity index (χ1n) is 3.92. The molecule has 0 radical (unpaired) electrons. The third-order valence-corrected chi connectivity index (χ3v) is 2.29. The molecule has 0 fully saturated rings. The fraction of sp³-hybridized carbons (Fsp3) is 0.222. The van der Waals surface area contributed by atoms with Gasteiger partial charge in [-0.1, -0.05) is 17.7 Å². The SMILES string of the molecule is COc1ccc2c(c1)C=NNC2Cl. The van der Waals surface area contributed by atoms with Gasteiger partial charge >= 0.3 is 0 Å². The summed E-state index contributed by atoms with van der Waals surface area (Å²) in [6.45, 7) is 0. The Labute approximate surface area is 81.4 Å². The number of hydrogen-bond acceptors (Lipinski definition) is 3. The van der Waals surface area contributed by atoms with Crippen molar-refractivity contribution in [3.8, 4) is 5.75 Å². The van der Waals surface area contributed by atoms with Crippen molar-refractivity contribution < 1.29 is 4.74 Å². The van der Waals surface area contributed by atoms with Gasteiger partial charge in [0, 0.05) is 5.56 Å². The normalized spacial score (nSPS) is 19.1. The number of alkyl halides is 1. The molecule has 0 amide bonds. The van der Waals surface area contributed by atoms with Gasteiger partial charge in [-0.3, -0.25) is 5.43 Å². The van der Waals surface area contributed by atoms with Gasteiger partial charge in [-0.25, -0.2) is 0 Å². The van der Waals surface area contributed by atoms with Crippen LogP contribution in [0.15, 0.2) is 23.3 Å². The number of halogens is 1. The van der Waals surface area contributed by atoms with E-state index in [4.69, 9.17) is 16.3 Å². The van der Waals surface area contributed by atoms with Crippen molar-refractivity contribution in [3.63, 3.8) is 0 Å². The maximum Gasteiger partial charge on any atom is 0.143 e. The summed E-state index contributed by atoms with van der Waals surface area (Å²) < 4.78 is 5.09. The first-order valence-corrected chi connectivity index (χ1v) is 4.35. The number of hydrogen-bond donors (Lipinski definition) is 1. The Bertz CT molecular complexity index is 351. The minimum atomic E-state index is -0.245. The molecule has 4 heteroatoms. The Morgan fingerprint density at radius 2 is 2.38 bits per heavy atom. The molecule has 68 valence electrons. The quantitative estimate of drug-likeness (QED) is 0.550. The Kier molecular flexibility index (Phi) is 2.10. The maximum absolute atomic E-state index is 5.98. The topological polar surface area (TPSA) is 33.6 Å². The van der Waals surface area contributed by atoms with Gasteiger partial charge in [0.2, 0.25) is 0 Å². The molecule has 0 aliphatic carbocycles. The van der Waals surface area contributed by atoms with E-state index < -0.39 is 0 Å². The van der Waals surface area contributed by atoms with Gasteiger partial charge in [0.15, 0.2) is 0 Å². The van der Waals surface area contributed by atoms with Gasteiger partial charge in [0.1, 0.15) is 11.3 Å². The van der Waals surface area contributed by atoms with Crippen LogP contribution in [0.3, 0.4) is 0 Å². The molecule has 1 heterocycles. The van der Waals surface area contributed by atoms with Crippen LogP contribution in [0.2, 0.25) is 0 Å². The molecule has 0 bridgehead atoms. The van der Waals surface area contributed by atoms with Crippen molar-refractivity contribution in [2.75, 3.05) is 7.11 Å². The zero-order valence-electron chi connectivity index (χ0n) is 7.12. The number of fused-ring (bicyclic) bond motifs is 1. The standard InChI is InChI=1S/C9H9ClN2O/c1-13-7-2-3-8-6(4-7)5-11-12-9(8)10/h2-5,9,12H,1H3. The average Bonchev–Trinajstić information content (AvgIpc) is 2.18. The van der Waals surface area contributed by atoms with Crippen molar-refractivity contribution in [1.82, 2.24) is 5.43 Å². The monoisotopic (exact) mass is 196 g/mol. The molecule has 1 atom stereocenters. The van der Waals surface area contributed by atoms with Gasteiger partial charge in [-0.05, 0) is 17.7 Å². The predicted molar refractivity (Wildman–Crippen MR) is 52.3 cm³/mol. The molecule has 0 aromatic heterocycles. The first-order chi connectivity index (χ1) is 6.31. The molecule has 1 aliphatic heterocycles. The van der Waals surface area contributed by atoms with Gasteiger partial charge in [-0.15, -0.1) is 0 Å². The lowest BCUT2D eigenvalue weighted by molar-refractivity contribution is 0.414. The lowest BCUT2D eigenvalue weighted by atomic mass is 10.1. The molecule has 13 heavy (non-hydrogen) atoms. The third kappa shape index (κ3) is 1.47. The second kappa shape index (κ2) is 3.26. The van der Waals surface area contributed by atoms with E-state index in [0.29, 0.717) is 0 Å². The van der Waals surface area contributed by atoms with E-state index in [0.717, 1.165) is 16.9 Å². The average molecular weight is 197 g/mol. The van der Waals surface area contributed by atoms with Crippen LogP contribution in [0.5, 0.6) is 5.75 Å². The summed E-state index contributed by atoms with van der Waals surface area (Å²) in [6.07, 6.45) is 1.73. The Balaban J connectivity index is 2.47. The van der Waals surface area contributed by atoms with Crippen LogP contribution in [0.4, 0.5) is 0 Å². The summed E-state index contributed by atoms with van der Waals surface area (Å²) in [5.74, 6) is 0.816. The molecular weight excluding hydrogens is 188 g/mol. The van der Waals surface area contributed by atoms with E-state index in [-0.39, 0.29) is 5.50 Å². The molecule has 2 rings (SSSR count). The highest BCUT2D eigenvalue weighted by molar-refractivity contribution is 6.21. The number of rotatable bonds is 1. The highest BCUT2D eigenvalue weighted by atomic mass is 35.5. The van der Waals surface area contributed by atoms with Crippen LogP contribution >= 0.6 is 11.6 Å². The molecular formula is C9H9ClN2O. The van der Waals surface area contributed by atoms with Crippen LogP contribution in [-0.4, -0.2) is 13.3 Å². The van der Waals surface area contributed by atoms with Crippen LogP contribution in [0.25, 0.3) is 0 Å². The van der Waals surface area contributed by atoms with Crippen LogP contribution in [0.1, 0.15) is 16.6 Å².